The Morgan fingerprint density at radius 1 is 1.33 bits per heavy atom. The van der Waals surface area contributed by atoms with Crippen molar-refractivity contribution in [2.75, 3.05) is 6.54 Å². The van der Waals surface area contributed by atoms with Gasteiger partial charge in [-0.1, -0.05) is 13.8 Å². The SMILES string of the molecule is CC(C)[C@H](N)C(=O)N1CCC[C@H]1C(=O)CC(N)=O. The Hall–Kier alpha value is -1.43. The van der Waals surface area contributed by atoms with Crippen molar-refractivity contribution in [3.8, 4) is 0 Å². The molecule has 0 bridgehead atoms. The molecule has 0 aromatic heterocycles. The summed E-state index contributed by atoms with van der Waals surface area (Å²) in [7, 11) is 0. The molecule has 2 amide bonds. The highest BCUT2D eigenvalue weighted by molar-refractivity contribution is 6.01. The van der Waals surface area contributed by atoms with E-state index >= 15 is 0 Å². The summed E-state index contributed by atoms with van der Waals surface area (Å²) in [6, 6.07) is -1.14. The number of rotatable bonds is 5. The fourth-order valence-corrected chi connectivity index (χ4v) is 2.13. The molecule has 1 heterocycles. The van der Waals surface area contributed by atoms with E-state index < -0.39 is 18.0 Å². The highest BCUT2D eigenvalue weighted by Crippen LogP contribution is 2.21. The van der Waals surface area contributed by atoms with Crippen molar-refractivity contribution in [1.82, 2.24) is 4.90 Å². The Bertz CT molecular complexity index is 354. The molecule has 1 aliphatic rings. The van der Waals surface area contributed by atoms with E-state index in [0.29, 0.717) is 13.0 Å². The quantitative estimate of drug-likeness (QED) is 0.640. The van der Waals surface area contributed by atoms with E-state index in [4.69, 9.17) is 11.5 Å². The summed E-state index contributed by atoms with van der Waals surface area (Å²) >= 11 is 0. The number of likely N-dealkylation sites (tertiary alicyclic amines) is 1. The van der Waals surface area contributed by atoms with Gasteiger partial charge < -0.3 is 16.4 Å². The van der Waals surface area contributed by atoms with E-state index in [1.165, 1.54) is 4.90 Å². The lowest BCUT2D eigenvalue weighted by Crippen LogP contribution is -2.50. The fraction of sp³-hybridized carbons (Fsp3) is 0.750. The minimum atomic E-state index is -0.660. The third kappa shape index (κ3) is 3.29. The van der Waals surface area contributed by atoms with Gasteiger partial charge in [0, 0.05) is 6.54 Å². The molecule has 1 fully saturated rings. The van der Waals surface area contributed by atoms with E-state index in [-0.39, 0.29) is 24.0 Å². The Kier molecular flexibility index (Phi) is 4.84. The van der Waals surface area contributed by atoms with E-state index in [1.807, 2.05) is 13.8 Å². The van der Waals surface area contributed by atoms with Crippen LogP contribution in [-0.4, -0.2) is 41.1 Å². The predicted molar refractivity (Wildman–Crippen MR) is 66.4 cm³/mol. The monoisotopic (exact) mass is 255 g/mol. The number of nitrogens with two attached hydrogens (primary N) is 2. The van der Waals surface area contributed by atoms with E-state index in [9.17, 15) is 14.4 Å². The third-order valence-electron chi connectivity index (χ3n) is 3.26. The number of Topliss-reactive ketones (excluding diaryl/α,β-unsaturated/α-hetero) is 1. The van der Waals surface area contributed by atoms with Gasteiger partial charge in [0.1, 0.15) is 0 Å². The van der Waals surface area contributed by atoms with Crippen LogP contribution in [0.5, 0.6) is 0 Å². The van der Waals surface area contributed by atoms with Gasteiger partial charge in [0.05, 0.1) is 18.5 Å². The van der Waals surface area contributed by atoms with Gasteiger partial charge in [-0.15, -0.1) is 0 Å². The molecule has 0 aromatic rings. The van der Waals surface area contributed by atoms with Gasteiger partial charge in [-0.3, -0.25) is 14.4 Å². The maximum atomic E-state index is 12.1. The van der Waals surface area contributed by atoms with Crippen molar-refractivity contribution in [2.24, 2.45) is 17.4 Å². The van der Waals surface area contributed by atoms with Crippen molar-refractivity contribution in [2.45, 2.75) is 45.2 Å². The molecule has 18 heavy (non-hydrogen) atoms. The summed E-state index contributed by atoms with van der Waals surface area (Å²) in [6.45, 7) is 4.24. The summed E-state index contributed by atoms with van der Waals surface area (Å²) in [5.74, 6) is -1.15. The molecule has 0 unspecified atom stereocenters. The van der Waals surface area contributed by atoms with Crippen molar-refractivity contribution >= 4 is 17.6 Å². The molecular weight excluding hydrogens is 234 g/mol. The van der Waals surface area contributed by atoms with Gasteiger partial charge in [0.2, 0.25) is 11.8 Å². The first kappa shape index (κ1) is 14.6. The molecule has 1 saturated heterocycles. The van der Waals surface area contributed by atoms with Gasteiger partial charge in [0.25, 0.3) is 0 Å². The largest absolute Gasteiger partial charge is 0.369 e. The number of amides is 2. The summed E-state index contributed by atoms with van der Waals surface area (Å²) in [6.07, 6.45) is 1.03. The molecule has 6 heteroatoms. The molecule has 0 spiro atoms. The Balaban J connectivity index is 2.73. The Morgan fingerprint density at radius 2 is 1.94 bits per heavy atom. The van der Waals surface area contributed by atoms with Crippen molar-refractivity contribution in [3.05, 3.63) is 0 Å². The van der Waals surface area contributed by atoms with Gasteiger partial charge in [-0.25, -0.2) is 0 Å². The number of hydrogen-bond acceptors (Lipinski definition) is 4. The second-order valence-corrected chi connectivity index (χ2v) is 5.07. The first-order chi connectivity index (χ1) is 8.34. The molecule has 0 saturated carbocycles. The zero-order valence-electron chi connectivity index (χ0n) is 10.9. The van der Waals surface area contributed by atoms with Crippen molar-refractivity contribution in [3.63, 3.8) is 0 Å². The molecular formula is C12H21N3O3. The third-order valence-corrected chi connectivity index (χ3v) is 3.26. The molecule has 0 aliphatic carbocycles. The smallest absolute Gasteiger partial charge is 0.240 e. The minimum Gasteiger partial charge on any atom is -0.369 e. The van der Waals surface area contributed by atoms with Crippen LogP contribution in [0.4, 0.5) is 0 Å². The van der Waals surface area contributed by atoms with Crippen molar-refractivity contribution < 1.29 is 14.4 Å². The molecule has 2 atom stereocenters. The van der Waals surface area contributed by atoms with Crippen LogP contribution in [-0.2, 0) is 14.4 Å². The first-order valence-corrected chi connectivity index (χ1v) is 6.21. The molecule has 0 aromatic carbocycles. The van der Waals surface area contributed by atoms with Crippen LogP contribution in [0.1, 0.15) is 33.1 Å². The number of nitrogens with zero attached hydrogens (tertiary/aromatic N) is 1. The fourth-order valence-electron chi connectivity index (χ4n) is 2.13. The number of ketones is 1. The second kappa shape index (κ2) is 5.95. The molecule has 6 nitrogen and oxygen atoms in total. The highest BCUT2D eigenvalue weighted by atomic mass is 16.2. The summed E-state index contributed by atoms with van der Waals surface area (Å²) in [5.41, 5.74) is 10.8. The van der Waals surface area contributed by atoms with Gasteiger partial charge in [0.15, 0.2) is 5.78 Å². The maximum Gasteiger partial charge on any atom is 0.240 e. The van der Waals surface area contributed by atoms with Crippen LogP contribution in [0.25, 0.3) is 0 Å². The van der Waals surface area contributed by atoms with Crippen molar-refractivity contribution in [1.29, 1.82) is 0 Å². The number of primary amides is 1. The number of carbonyl (C=O) groups is 3. The number of hydrogen-bond donors (Lipinski definition) is 2. The van der Waals surface area contributed by atoms with E-state index in [0.717, 1.165) is 6.42 Å². The second-order valence-electron chi connectivity index (χ2n) is 5.07. The maximum absolute atomic E-state index is 12.1. The average molecular weight is 255 g/mol. The molecule has 0 radical (unpaired) electrons. The van der Waals surface area contributed by atoms with E-state index in [1.54, 1.807) is 0 Å². The molecule has 1 rings (SSSR count). The Morgan fingerprint density at radius 3 is 2.44 bits per heavy atom. The van der Waals surface area contributed by atoms with Crippen LogP contribution < -0.4 is 11.5 Å². The Labute approximate surface area is 107 Å². The number of carbonyl (C=O) groups excluding carboxylic acids is 3. The first-order valence-electron chi connectivity index (χ1n) is 6.21. The van der Waals surface area contributed by atoms with Crippen LogP contribution in [0.2, 0.25) is 0 Å². The average Bonchev–Trinajstić information content (AvgIpc) is 2.74. The molecule has 1 aliphatic heterocycles. The van der Waals surface area contributed by atoms with Gasteiger partial charge >= 0.3 is 0 Å². The predicted octanol–water partition coefficient (Wildman–Crippen LogP) is -0.595. The summed E-state index contributed by atoms with van der Waals surface area (Å²) < 4.78 is 0. The van der Waals surface area contributed by atoms with Crippen LogP contribution >= 0.6 is 0 Å². The van der Waals surface area contributed by atoms with Gasteiger partial charge in [-0.2, -0.15) is 0 Å². The van der Waals surface area contributed by atoms with Crippen LogP contribution in [0, 0.1) is 5.92 Å². The summed E-state index contributed by atoms with van der Waals surface area (Å²) in [4.78, 5) is 36.2. The van der Waals surface area contributed by atoms with Crippen LogP contribution in [0.3, 0.4) is 0 Å². The van der Waals surface area contributed by atoms with Crippen LogP contribution in [0.15, 0.2) is 0 Å². The standard InChI is InChI=1S/C12H21N3O3/c1-7(2)11(14)12(18)15-5-3-4-8(15)9(16)6-10(13)17/h7-8,11H,3-6,14H2,1-2H3,(H2,13,17)/t8-,11-/m0/s1. The van der Waals surface area contributed by atoms with E-state index in [2.05, 4.69) is 0 Å². The minimum absolute atomic E-state index is 0.0185. The zero-order chi connectivity index (χ0) is 13.9. The molecule has 4 N–H and O–H groups in total. The normalized spacial score (nSPS) is 21.1. The zero-order valence-corrected chi connectivity index (χ0v) is 10.9. The lowest BCUT2D eigenvalue weighted by Gasteiger charge is -2.27. The summed E-state index contributed by atoms with van der Waals surface area (Å²) in [5, 5.41) is 0. The lowest BCUT2D eigenvalue weighted by atomic mass is 10.0. The molecule has 102 valence electrons. The lowest BCUT2D eigenvalue weighted by molar-refractivity contribution is -0.140. The van der Waals surface area contributed by atoms with Gasteiger partial charge in [-0.05, 0) is 18.8 Å². The topological polar surface area (TPSA) is 106 Å². The highest BCUT2D eigenvalue weighted by Gasteiger charge is 2.36.